The van der Waals surface area contributed by atoms with Gasteiger partial charge in [0.1, 0.15) is 0 Å². The van der Waals surface area contributed by atoms with Crippen molar-refractivity contribution in [2.45, 2.75) is 33.1 Å². The number of carbonyl (C=O) groups is 1. The first-order chi connectivity index (χ1) is 8.63. The molecule has 1 heterocycles. The molecular weight excluding hydrogens is 224 g/mol. The van der Waals surface area contributed by atoms with E-state index in [9.17, 15) is 4.79 Å². The van der Waals surface area contributed by atoms with Gasteiger partial charge in [0.25, 0.3) is 5.91 Å². The molecule has 0 bridgehead atoms. The molecule has 3 heteroatoms. The summed E-state index contributed by atoms with van der Waals surface area (Å²) >= 11 is 0. The zero-order chi connectivity index (χ0) is 13.1. The van der Waals surface area contributed by atoms with Crippen LogP contribution < -0.4 is 5.73 Å². The largest absolute Gasteiger partial charge is 0.398 e. The highest BCUT2D eigenvalue weighted by molar-refractivity contribution is 5.97. The standard InChI is InChI=1S/C15H22N2O/c1-3-5-12-8-9-17(10-12)15(18)13-6-4-7-14(16)11(13)2/h4,6-7,12H,3,5,8-10,16H2,1-2H3. The molecular formula is C15H22N2O. The Kier molecular flexibility index (Phi) is 3.90. The Hall–Kier alpha value is -1.51. The van der Waals surface area contributed by atoms with Crippen LogP contribution in [0.3, 0.4) is 0 Å². The van der Waals surface area contributed by atoms with Crippen molar-refractivity contribution in [1.82, 2.24) is 4.90 Å². The Morgan fingerprint density at radius 1 is 1.50 bits per heavy atom. The maximum Gasteiger partial charge on any atom is 0.254 e. The van der Waals surface area contributed by atoms with Crippen molar-refractivity contribution in [2.75, 3.05) is 18.8 Å². The molecule has 0 radical (unpaired) electrons. The number of hydrogen-bond acceptors (Lipinski definition) is 2. The van der Waals surface area contributed by atoms with Crippen LogP contribution in [0.25, 0.3) is 0 Å². The molecule has 1 unspecified atom stereocenters. The Labute approximate surface area is 109 Å². The Morgan fingerprint density at radius 2 is 2.28 bits per heavy atom. The predicted octanol–water partition coefficient (Wildman–Crippen LogP) is 2.84. The molecule has 3 nitrogen and oxygen atoms in total. The van der Waals surface area contributed by atoms with Gasteiger partial charge in [-0.2, -0.15) is 0 Å². The SMILES string of the molecule is CCCC1CCN(C(=O)c2cccc(N)c2C)C1. The molecule has 1 saturated heterocycles. The van der Waals surface area contributed by atoms with Gasteiger partial charge in [0, 0.05) is 24.3 Å². The van der Waals surface area contributed by atoms with Crippen molar-refractivity contribution >= 4 is 11.6 Å². The molecule has 1 amide bonds. The second-order valence-electron chi connectivity index (χ2n) is 5.21. The monoisotopic (exact) mass is 246 g/mol. The summed E-state index contributed by atoms with van der Waals surface area (Å²) < 4.78 is 0. The first kappa shape index (κ1) is 12.9. The summed E-state index contributed by atoms with van der Waals surface area (Å²) in [6.45, 7) is 5.91. The minimum absolute atomic E-state index is 0.137. The van der Waals surface area contributed by atoms with E-state index in [4.69, 9.17) is 5.73 Å². The molecule has 1 aliphatic heterocycles. The second-order valence-corrected chi connectivity index (χ2v) is 5.21. The van der Waals surface area contributed by atoms with Crippen molar-refractivity contribution < 1.29 is 4.79 Å². The van der Waals surface area contributed by atoms with E-state index in [0.29, 0.717) is 11.6 Å². The number of anilines is 1. The quantitative estimate of drug-likeness (QED) is 0.834. The summed E-state index contributed by atoms with van der Waals surface area (Å²) in [5, 5.41) is 0. The summed E-state index contributed by atoms with van der Waals surface area (Å²) in [4.78, 5) is 14.4. The molecule has 0 spiro atoms. The predicted molar refractivity (Wildman–Crippen MR) is 74.5 cm³/mol. The van der Waals surface area contributed by atoms with Gasteiger partial charge >= 0.3 is 0 Å². The summed E-state index contributed by atoms with van der Waals surface area (Å²) in [7, 11) is 0. The molecule has 1 aliphatic rings. The maximum atomic E-state index is 12.4. The van der Waals surface area contributed by atoms with Crippen LogP contribution in [-0.4, -0.2) is 23.9 Å². The van der Waals surface area contributed by atoms with Gasteiger partial charge in [-0.05, 0) is 43.4 Å². The molecule has 1 atom stereocenters. The Bertz CT molecular complexity index is 442. The van der Waals surface area contributed by atoms with E-state index < -0.39 is 0 Å². The van der Waals surface area contributed by atoms with E-state index >= 15 is 0 Å². The number of amides is 1. The highest BCUT2D eigenvalue weighted by Gasteiger charge is 2.27. The van der Waals surface area contributed by atoms with Crippen molar-refractivity contribution in [3.05, 3.63) is 29.3 Å². The third kappa shape index (κ3) is 2.50. The first-order valence-corrected chi connectivity index (χ1v) is 6.77. The molecule has 0 saturated carbocycles. The smallest absolute Gasteiger partial charge is 0.254 e. The lowest BCUT2D eigenvalue weighted by molar-refractivity contribution is 0.0786. The highest BCUT2D eigenvalue weighted by atomic mass is 16.2. The van der Waals surface area contributed by atoms with Gasteiger partial charge in [0.05, 0.1) is 0 Å². The normalized spacial score (nSPS) is 19.2. The topological polar surface area (TPSA) is 46.3 Å². The third-order valence-electron chi connectivity index (χ3n) is 3.88. The van der Waals surface area contributed by atoms with E-state index in [0.717, 1.165) is 30.6 Å². The van der Waals surface area contributed by atoms with E-state index in [1.807, 2.05) is 30.0 Å². The molecule has 1 aromatic rings. The number of nitrogens with two attached hydrogens (primary N) is 1. The second kappa shape index (κ2) is 5.42. The summed E-state index contributed by atoms with van der Waals surface area (Å²) in [6, 6.07) is 5.58. The first-order valence-electron chi connectivity index (χ1n) is 6.77. The van der Waals surface area contributed by atoms with Crippen molar-refractivity contribution in [1.29, 1.82) is 0 Å². The fraction of sp³-hybridized carbons (Fsp3) is 0.533. The lowest BCUT2D eigenvalue weighted by Gasteiger charge is -2.18. The fourth-order valence-electron chi connectivity index (χ4n) is 2.72. The van der Waals surface area contributed by atoms with Crippen molar-refractivity contribution in [3.63, 3.8) is 0 Å². The van der Waals surface area contributed by atoms with Crippen molar-refractivity contribution in [2.24, 2.45) is 5.92 Å². The summed E-state index contributed by atoms with van der Waals surface area (Å²) in [6.07, 6.45) is 3.56. The summed E-state index contributed by atoms with van der Waals surface area (Å²) in [5.41, 5.74) is 8.22. The number of nitrogen functional groups attached to an aromatic ring is 1. The van der Waals surface area contributed by atoms with Gasteiger partial charge in [-0.25, -0.2) is 0 Å². The molecule has 1 aromatic carbocycles. The van der Waals surface area contributed by atoms with Crippen LogP contribution in [0.15, 0.2) is 18.2 Å². The zero-order valence-electron chi connectivity index (χ0n) is 11.3. The molecule has 2 N–H and O–H groups in total. The summed E-state index contributed by atoms with van der Waals surface area (Å²) in [5.74, 6) is 0.818. The van der Waals surface area contributed by atoms with E-state index in [1.54, 1.807) is 0 Å². The van der Waals surface area contributed by atoms with Gasteiger partial charge in [0.15, 0.2) is 0 Å². The number of nitrogens with zero attached hydrogens (tertiary/aromatic N) is 1. The van der Waals surface area contributed by atoms with Crippen LogP contribution >= 0.6 is 0 Å². The van der Waals surface area contributed by atoms with E-state index in [-0.39, 0.29) is 5.91 Å². The van der Waals surface area contributed by atoms with E-state index in [2.05, 4.69) is 6.92 Å². The molecule has 98 valence electrons. The maximum absolute atomic E-state index is 12.4. The lowest BCUT2D eigenvalue weighted by Crippen LogP contribution is -2.29. The van der Waals surface area contributed by atoms with Crippen LogP contribution in [0.2, 0.25) is 0 Å². The average molecular weight is 246 g/mol. The lowest BCUT2D eigenvalue weighted by atomic mass is 10.0. The molecule has 0 aliphatic carbocycles. The van der Waals surface area contributed by atoms with Crippen LogP contribution in [0.4, 0.5) is 5.69 Å². The molecule has 18 heavy (non-hydrogen) atoms. The minimum Gasteiger partial charge on any atom is -0.398 e. The number of hydrogen-bond donors (Lipinski definition) is 1. The third-order valence-corrected chi connectivity index (χ3v) is 3.88. The minimum atomic E-state index is 0.137. The van der Waals surface area contributed by atoms with Crippen LogP contribution in [-0.2, 0) is 0 Å². The van der Waals surface area contributed by atoms with Gasteiger partial charge in [-0.3, -0.25) is 4.79 Å². The average Bonchev–Trinajstić information content (AvgIpc) is 2.81. The zero-order valence-corrected chi connectivity index (χ0v) is 11.3. The Balaban J connectivity index is 2.11. The molecule has 2 rings (SSSR count). The van der Waals surface area contributed by atoms with Gasteiger partial charge < -0.3 is 10.6 Å². The number of carbonyl (C=O) groups excluding carboxylic acids is 1. The van der Waals surface area contributed by atoms with E-state index in [1.165, 1.54) is 12.8 Å². The highest BCUT2D eigenvalue weighted by Crippen LogP contribution is 2.24. The van der Waals surface area contributed by atoms with Gasteiger partial charge in [-0.15, -0.1) is 0 Å². The number of likely N-dealkylation sites (tertiary alicyclic amines) is 1. The number of benzene rings is 1. The van der Waals surface area contributed by atoms with Crippen LogP contribution in [0, 0.1) is 12.8 Å². The van der Waals surface area contributed by atoms with Crippen LogP contribution in [0.5, 0.6) is 0 Å². The van der Waals surface area contributed by atoms with Gasteiger partial charge in [0.2, 0.25) is 0 Å². The fourth-order valence-corrected chi connectivity index (χ4v) is 2.72. The van der Waals surface area contributed by atoms with Gasteiger partial charge in [-0.1, -0.05) is 19.4 Å². The Morgan fingerprint density at radius 3 is 3.00 bits per heavy atom. The number of rotatable bonds is 3. The van der Waals surface area contributed by atoms with Crippen LogP contribution in [0.1, 0.15) is 42.1 Å². The molecule has 1 fully saturated rings. The van der Waals surface area contributed by atoms with Crippen molar-refractivity contribution in [3.8, 4) is 0 Å². The molecule has 0 aromatic heterocycles.